The third-order valence-electron chi connectivity index (χ3n) is 11.9. The van der Waals surface area contributed by atoms with E-state index in [1.807, 2.05) is 0 Å². The molecule has 62 heavy (non-hydrogen) atoms. The second-order valence-corrected chi connectivity index (χ2v) is 17.9. The zero-order valence-corrected chi connectivity index (χ0v) is 40.7. The van der Waals surface area contributed by atoms with Crippen LogP contribution in [0.5, 0.6) is 0 Å². The average Bonchev–Trinajstić information content (AvgIpc) is 3.26. The number of aliphatic carboxylic acids is 1. The van der Waals surface area contributed by atoms with Crippen molar-refractivity contribution >= 4 is 17.8 Å². The van der Waals surface area contributed by atoms with Gasteiger partial charge in [0.2, 0.25) is 5.91 Å². The number of nitrogens with two attached hydrogens (primary N) is 1. The number of carbonyl (C=O) groups excluding carboxylic acids is 2. The lowest BCUT2D eigenvalue weighted by Gasteiger charge is -2.17. The summed E-state index contributed by atoms with van der Waals surface area (Å²) in [6.45, 7) is 4.85. The van der Waals surface area contributed by atoms with Crippen molar-refractivity contribution in [3.63, 3.8) is 0 Å². The Balaban J connectivity index is 4.23. The molecule has 0 fully saturated rings. The van der Waals surface area contributed by atoms with E-state index in [-0.39, 0.29) is 18.0 Å². The Morgan fingerprint density at radius 1 is 0.484 bits per heavy atom. The first kappa shape index (κ1) is 59.3. The molecule has 0 aliphatic carbocycles. The fraction of sp³-hybridized carbons (Fsp3) is 0.800. The highest BCUT2D eigenvalue weighted by Crippen LogP contribution is 2.18. The Morgan fingerprint density at radius 2 is 0.887 bits per heavy atom. The first-order valence-electron chi connectivity index (χ1n) is 26.5. The molecule has 2 atom stereocenters. The molecule has 0 aliphatic rings. The van der Waals surface area contributed by atoms with Crippen LogP contribution < -0.4 is 11.1 Å². The van der Waals surface area contributed by atoms with Gasteiger partial charge in [0.25, 0.3) is 0 Å². The predicted octanol–water partition coefficient (Wildman–Crippen LogP) is 15.9. The number of amides is 1. The maximum Gasteiger partial charge on any atom is 0.326 e. The minimum atomic E-state index is -1.01. The molecular formula is C55H100N2O5. The van der Waals surface area contributed by atoms with Gasteiger partial charge < -0.3 is 20.9 Å². The molecular weight excluding hydrogens is 769 g/mol. The molecule has 7 heteroatoms. The maximum absolute atomic E-state index is 12.9. The molecule has 0 aromatic rings. The van der Waals surface area contributed by atoms with Crippen LogP contribution in [0, 0.1) is 0 Å². The molecule has 0 saturated heterocycles. The Bertz CT molecular complexity index is 1110. The second-order valence-electron chi connectivity index (χ2n) is 17.9. The number of nitrogens with one attached hydrogen (secondary N) is 1. The minimum Gasteiger partial charge on any atom is -0.480 e. The summed E-state index contributed by atoms with van der Waals surface area (Å²) in [5, 5.41) is 12.0. The number of carboxylic acids is 1. The molecule has 0 saturated carbocycles. The Labute approximate surface area is 383 Å². The summed E-state index contributed by atoms with van der Waals surface area (Å²) in [6, 6.07) is -0.865. The topological polar surface area (TPSA) is 119 Å². The van der Waals surface area contributed by atoms with Gasteiger partial charge >= 0.3 is 11.9 Å². The third-order valence-corrected chi connectivity index (χ3v) is 11.9. The van der Waals surface area contributed by atoms with Crippen LogP contribution in [0.1, 0.15) is 264 Å². The Morgan fingerprint density at radius 3 is 1.32 bits per heavy atom. The summed E-state index contributed by atoms with van der Waals surface area (Å²) in [5.74, 6) is -1.27. The molecule has 0 aromatic carbocycles. The van der Waals surface area contributed by atoms with E-state index >= 15 is 0 Å². The van der Waals surface area contributed by atoms with Gasteiger partial charge in [0.05, 0.1) is 0 Å². The maximum atomic E-state index is 12.9. The SMILES string of the molecule is CC/C=C\C/C=C\C/C=C\C/C=C\CCC(CCCCCCCC(=O)NC(CCCN)C(=O)O)OC(=O)CCCCCCCCCCCCCCCCCCCCCCCCC. The monoisotopic (exact) mass is 869 g/mol. The number of rotatable bonds is 48. The van der Waals surface area contributed by atoms with Crippen molar-refractivity contribution in [1.82, 2.24) is 5.32 Å². The van der Waals surface area contributed by atoms with Crippen molar-refractivity contribution in [2.75, 3.05) is 6.54 Å². The van der Waals surface area contributed by atoms with Crippen LogP contribution in [-0.4, -0.2) is 41.6 Å². The zero-order valence-electron chi connectivity index (χ0n) is 40.7. The highest BCUT2D eigenvalue weighted by Gasteiger charge is 2.19. The van der Waals surface area contributed by atoms with E-state index in [1.54, 1.807) is 0 Å². The molecule has 0 radical (unpaired) electrons. The molecule has 0 bridgehead atoms. The fourth-order valence-electron chi connectivity index (χ4n) is 7.98. The largest absolute Gasteiger partial charge is 0.480 e. The molecule has 0 heterocycles. The number of allylic oxidation sites excluding steroid dienone is 8. The number of hydrogen-bond acceptors (Lipinski definition) is 5. The average molecular weight is 869 g/mol. The van der Waals surface area contributed by atoms with Crippen molar-refractivity contribution in [1.29, 1.82) is 0 Å². The molecule has 0 rings (SSSR count). The summed E-state index contributed by atoms with van der Waals surface area (Å²) in [4.78, 5) is 36.5. The third kappa shape index (κ3) is 45.4. The van der Waals surface area contributed by atoms with Crippen LogP contribution >= 0.6 is 0 Å². The van der Waals surface area contributed by atoms with E-state index in [4.69, 9.17) is 10.5 Å². The molecule has 0 spiro atoms. The molecule has 1 amide bonds. The van der Waals surface area contributed by atoms with Crippen molar-refractivity contribution in [3.05, 3.63) is 48.6 Å². The number of unbranched alkanes of at least 4 members (excludes halogenated alkanes) is 26. The second kappa shape index (κ2) is 49.3. The molecule has 0 aliphatic heterocycles. The van der Waals surface area contributed by atoms with Crippen LogP contribution in [0.15, 0.2) is 48.6 Å². The number of hydrogen-bond donors (Lipinski definition) is 3. The van der Waals surface area contributed by atoms with E-state index in [0.717, 1.165) is 89.9 Å². The standard InChI is InChI=1S/C55H100N2O5/c1-3-5-7-9-11-13-15-17-18-19-20-21-22-23-24-25-26-28-30-32-34-39-43-49-54(59)62-51(45-40-36-33-31-29-27-16-14-12-10-8-6-4-2)46-41-37-35-38-42-48-53(58)57-52(55(60)61)47-44-50-56/h6,8,12,14,27,29,33,36,51-52H,3-5,7,9-11,13,15-26,28,30-32,34-35,37-50,56H2,1-2H3,(H,57,58)(H,60,61)/b8-6-,14-12-,29-27-,36-33-. The lowest BCUT2D eigenvalue weighted by Crippen LogP contribution is -2.40. The lowest BCUT2D eigenvalue weighted by atomic mass is 10.0. The number of carbonyl (C=O) groups is 3. The van der Waals surface area contributed by atoms with E-state index in [9.17, 15) is 19.5 Å². The van der Waals surface area contributed by atoms with Gasteiger partial charge in [0, 0.05) is 12.8 Å². The van der Waals surface area contributed by atoms with Crippen LogP contribution in [0.3, 0.4) is 0 Å². The van der Waals surface area contributed by atoms with Gasteiger partial charge in [-0.15, -0.1) is 0 Å². The van der Waals surface area contributed by atoms with E-state index < -0.39 is 12.0 Å². The smallest absolute Gasteiger partial charge is 0.326 e. The Hall–Kier alpha value is -2.67. The summed E-state index contributed by atoms with van der Waals surface area (Å²) >= 11 is 0. The molecule has 2 unspecified atom stereocenters. The number of esters is 1. The molecule has 7 nitrogen and oxygen atoms in total. The van der Waals surface area contributed by atoms with Crippen LogP contribution in [0.4, 0.5) is 0 Å². The van der Waals surface area contributed by atoms with Crippen molar-refractivity contribution in [2.24, 2.45) is 5.73 Å². The summed E-state index contributed by atoms with van der Waals surface area (Å²) < 4.78 is 6.04. The summed E-state index contributed by atoms with van der Waals surface area (Å²) in [7, 11) is 0. The minimum absolute atomic E-state index is 0.0548. The molecule has 0 aromatic heterocycles. The van der Waals surface area contributed by atoms with E-state index in [2.05, 4.69) is 67.8 Å². The first-order valence-corrected chi connectivity index (χ1v) is 26.5. The van der Waals surface area contributed by atoms with Crippen molar-refractivity contribution in [3.8, 4) is 0 Å². The summed E-state index contributed by atoms with van der Waals surface area (Å²) in [5.41, 5.74) is 5.50. The van der Waals surface area contributed by atoms with Crippen LogP contribution in [-0.2, 0) is 19.1 Å². The normalized spacial score (nSPS) is 13.0. The molecule has 360 valence electrons. The number of ether oxygens (including phenoxy) is 1. The van der Waals surface area contributed by atoms with Gasteiger partial charge in [0.15, 0.2) is 0 Å². The summed E-state index contributed by atoms with van der Waals surface area (Å²) in [6.07, 6.45) is 61.9. The van der Waals surface area contributed by atoms with Crippen LogP contribution in [0.25, 0.3) is 0 Å². The van der Waals surface area contributed by atoms with Gasteiger partial charge in [0.1, 0.15) is 12.1 Å². The lowest BCUT2D eigenvalue weighted by molar-refractivity contribution is -0.150. The van der Waals surface area contributed by atoms with Gasteiger partial charge in [-0.3, -0.25) is 9.59 Å². The van der Waals surface area contributed by atoms with Crippen molar-refractivity contribution in [2.45, 2.75) is 276 Å². The molecule has 4 N–H and O–H groups in total. The Kier molecular flexibility index (Phi) is 47.2. The highest BCUT2D eigenvalue weighted by molar-refractivity contribution is 5.83. The van der Waals surface area contributed by atoms with Gasteiger partial charge in [-0.05, 0) is 83.6 Å². The zero-order chi connectivity index (χ0) is 45.2. The van der Waals surface area contributed by atoms with Gasteiger partial charge in [-0.2, -0.15) is 0 Å². The first-order chi connectivity index (χ1) is 30.4. The highest BCUT2D eigenvalue weighted by atomic mass is 16.5. The van der Waals surface area contributed by atoms with Gasteiger partial charge in [-0.1, -0.05) is 223 Å². The quantitative estimate of drug-likeness (QED) is 0.0318. The van der Waals surface area contributed by atoms with E-state index in [0.29, 0.717) is 32.2 Å². The van der Waals surface area contributed by atoms with Gasteiger partial charge in [-0.25, -0.2) is 4.79 Å². The number of carboxylic acid groups (broad SMARTS) is 1. The van der Waals surface area contributed by atoms with Crippen LogP contribution in [0.2, 0.25) is 0 Å². The fourth-order valence-corrected chi connectivity index (χ4v) is 7.98. The van der Waals surface area contributed by atoms with Crippen molar-refractivity contribution < 1.29 is 24.2 Å². The predicted molar refractivity (Wildman–Crippen MR) is 266 cm³/mol. The van der Waals surface area contributed by atoms with E-state index in [1.165, 1.54) is 135 Å².